The first-order valence-corrected chi connectivity index (χ1v) is 12.2. The Morgan fingerprint density at radius 3 is 2.17 bits per heavy atom. The summed E-state index contributed by atoms with van der Waals surface area (Å²) in [6.45, 7) is 0. The highest BCUT2D eigenvalue weighted by atomic mass is 35.5. The van der Waals surface area contributed by atoms with Crippen LogP contribution in [0.2, 0.25) is 5.15 Å². The van der Waals surface area contributed by atoms with E-state index in [9.17, 15) is 4.79 Å². The number of aromatic nitrogens is 1. The van der Waals surface area contributed by atoms with E-state index in [2.05, 4.69) is 101 Å². The topological polar surface area (TPSA) is 42.4 Å². The van der Waals surface area contributed by atoms with E-state index < -0.39 is 0 Å². The predicted molar refractivity (Wildman–Crippen MR) is 147 cm³/mol. The maximum Gasteiger partial charge on any atom is 0.305 e. The molecular weight excluding hydrogens is 468 g/mol. The zero-order valence-corrected chi connectivity index (χ0v) is 20.7. The van der Waals surface area contributed by atoms with Gasteiger partial charge in [0, 0.05) is 34.9 Å². The van der Waals surface area contributed by atoms with Crippen molar-refractivity contribution in [1.82, 2.24) is 4.98 Å². The number of methoxy groups -OCH3 is 1. The largest absolute Gasteiger partial charge is 0.469 e. The standard InChI is InChI=1S/C31H25ClN2O2/c1-36-31(35)20-11-22-9-15-26(16-10-22)34(29-8-4-6-24-5-2-3-7-28(24)29)27-17-12-23(13-18-27)25-14-19-30(32)33-21-25/h2-10,12-19,21H,11,20H2,1H3. The summed E-state index contributed by atoms with van der Waals surface area (Å²) in [6, 6.07) is 35.3. The Morgan fingerprint density at radius 1 is 0.806 bits per heavy atom. The molecule has 0 spiro atoms. The van der Waals surface area contributed by atoms with Gasteiger partial charge in [-0.25, -0.2) is 4.98 Å². The van der Waals surface area contributed by atoms with E-state index in [1.54, 1.807) is 12.3 Å². The molecule has 36 heavy (non-hydrogen) atoms. The molecule has 0 radical (unpaired) electrons. The van der Waals surface area contributed by atoms with Crippen LogP contribution in [-0.4, -0.2) is 18.1 Å². The number of hydrogen-bond donors (Lipinski definition) is 0. The summed E-state index contributed by atoms with van der Waals surface area (Å²) in [6.07, 6.45) is 2.79. The number of carbonyl (C=O) groups excluding carboxylic acids is 1. The lowest BCUT2D eigenvalue weighted by Crippen LogP contribution is -2.10. The van der Waals surface area contributed by atoms with Crippen molar-refractivity contribution in [2.75, 3.05) is 12.0 Å². The summed E-state index contributed by atoms with van der Waals surface area (Å²) >= 11 is 5.96. The van der Waals surface area contributed by atoms with Gasteiger partial charge in [0.25, 0.3) is 0 Å². The number of fused-ring (bicyclic) bond motifs is 1. The number of aryl methyl sites for hydroxylation is 1. The van der Waals surface area contributed by atoms with E-state index >= 15 is 0 Å². The third kappa shape index (κ3) is 5.09. The molecule has 5 heteroatoms. The van der Waals surface area contributed by atoms with Gasteiger partial charge in [0.1, 0.15) is 5.15 Å². The fourth-order valence-electron chi connectivity index (χ4n) is 4.34. The van der Waals surface area contributed by atoms with Gasteiger partial charge in [0.15, 0.2) is 0 Å². The second kappa shape index (κ2) is 10.6. The van der Waals surface area contributed by atoms with Gasteiger partial charge in [-0.05, 0) is 65.4 Å². The molecule has 178 valence electrons. The van der Waals surface area contributed by atoms with E-state index in [0.29, 0.717) is 18.0 Å². The van der Waals surface area contributed by atoms with Crippen molar-refractivity contribution in [3.8, 4) is 11.1 Å². The van der Waals surface area contributed by atoms with Crippen molar-refractivity contribution in [2.24, 2.45) is 0 Å². The first-order valence-electron chi connectivity index (χ1n) is 11.8. The summed E-state index contributed by atoms with van der Waals surface area (Å²) in [5.41, 5.74) is 6.34. The third-order valence-corrected chi connectivity index (χ3v) is 6.46. The number of ether oxygens (including phenoxy) is 1. The maximum absolute atomic E-state index is 11.6. The number of halogens is 1. The Kier molecular flexibility index (Phi) is 6.96. The molecule has 5 rings (SSSR count). The lowest BCUT2D eigenvalue weighted by Gasteiger charge is -2.27. The molecule has 0 aliphatic rings. The zero-order valence-electron chi connectivity index (χ0n) is 19.9. The summed E-state index contributed by atoms with van der Waals surface area (Å²) in [5, 5.41) is 2.83. The van der Waals surface area contributed by atoms with Gasteiger partial charge < -0.3 is 9.64 Å². The molecule has 0 unspecified atom stereocenters. The number of benzene rings is 4. The molecule has 0 bridgehead atoms. The minimum atomic E-state index is -0.201. The van der Waals surface area contributed by atoms with Crippen LogP contribution in [-0.2, 0) is 16.0 Å². The number of nitrogens with zero attached hydrogens (tertiary/aromatic N) is 2. The Morgan fingerprint density at radius 2 is 1.47 bits per heavy atom. The van der Waals surface area contributed by atoms with Crippen LogP contribution in [0.5, 0.6) is 0 Å². The molecule has 0 amide bonds. The van der Waals surface area contributed by atoms with Crippen LogP contribution in [0.1, 0.15) is 12.0 Å². The number of hydrogen-bond acceptors (Lipinski definition) is 4. The van der Waals surface area contributed by atoms with Crippen LogP contribution in [0.4, 0.5) is 17.1 Å². The highest BCUT2D eigenvalue weighted by molar-refractivity contribution is 6.29. The van der Waals surface area contributed by atoms with Crippen LogP contribution in [0.3, 0.4) is 0 Å². The first-order chi connectivity index (χ1) is 17.6. The van der Waals surface area contributed by atoms with Crippen LogP contribution >= 0.6 is 11.6 Å². The summed E-state index contributed by atoms with van der Waals surface area (Å²) in [7, 11) is 1.42. The molecule has 5 aromatic rings. The normalized spacial score (nSPS) is 10.8. The molecule has 0 saturated heterocycles. The number of esters is 1. The van der Waals surface area contributed by atoms with Gasteiger partial charge in [0.05, 0.1) is 12.8 Å². The molecule has 0 saturated carbocycles. The summed E-state index contributed by atoms with van der Waals surface area (Å²) in [4.78, 5) is 18.0. The zero-order chi connectivity index (χ0) is 24.9. The van der Waals surface area contributed by atoms with Gasteiger partial charge in [0.2, 0.25) is 0 Å². The van der Waals surface area contributed by atoms with Gasteiger partial charge in [-0.3, -0.25) is 4.79 Å². The van der Waals surface area contributed by atoms with Gasteiger partial charge in [-0.2, -0.15) is 0 Å². The average molecular weight is 493 g/mol. The maximum atomic E-state index is 11.6. The Bertz CT molecular complexity index is 1480. The van der Waals surface area contributed by atoms with Crippen molar-refractivity contribution < 1.29 is 9.53 Å². The van der Waals surface area contributed by atoms with Crippen molar-refractivity contribution >= 4 is 45.4 Å². The summed E-state index contributed by atoms with van der Waals surface area (Å²) < 4.78 is 4.78. The molecular formula is C31H25ClN2O2. The van der Waals surface area contributed by atoms with Gasteiger partial charge >= 0.3 is 5.97 Å². The van der Waals surface area contributed by atoms with Crippen LogP contribution < -0.4 is 4.90 Å². The molecule has 4 nitrogen and oxygen atoms in total. The molecule has 1 heterocycles. The van der Waals surface area contributed by atoms with Crippen molar-refractivity contribution in [3.63, 3.8) is 0 Å². The second-order valence-corrected chi connectivity index (χ2v) is 8.88. The van der Waals surface area contributed by atoms with Gasteiger partial charge in [-0.15, -0.1) is 0 Å². The van der Waals surface area contributed by atoms with Crippen molar-refractivity contribution in [3.05, 3.63) is 120 Å². The van der Waals surface area contributed by atoms with E-state index in [0.717, 1.165) is 33.8 Å². The third-order valence-electron chi connectivity index (χ3n) is 6.23. The van der Waals surface area contributed by atoms with E-state index in [-0.39, 0.29) is 5.97 Å². The summed E-state index contributed by atoms with van der Waals surface area (Å²) in [5.74, 6) is -0.201. The van der Waals surface area contributed by atoms with Crippen LogP contribution in [0, 0.1) is 0 Å². The SMILES string of the molecule is COC(=O)CCc1ccc(N(c2ccc(-c3ccc(Cl)nc3)cc2)c2cccc3ccccc23)cc1. The highest BCUT2D eigenvalue weighted by Gasteiger charge is 2.15. The quantitative estimate of drug-likeness (QED) is 0.170. The van der Waals surface area contributed by atoms with Crippen molar-refractivity contribution in [1.29, 1.82) is 0 Å². The lowest BCUT2D eigenvalue weighted by molar-refractivity contribution is -0.140. The minimum Gasteiger partial charge on any atom is -0.469 e. The first kappa shape index (κ1) is 23.6. The lowest BCUT2D eigenvalue weighted by atomic mass is 10.0. The Labute approximate surface area is 215 Å². The van der Waals surface area contributed by atoms with Crippen molar-refractivity contribution in [2.45, 2.75) is 12.8 Å². The predicted octanol–water partition coefficient (Wildman–Crippen LogP) is 8.13. The number of carbonyl (C=O) groups is 1. The van der Waals surface area contributed by atoms with Crippen LogP contribution in [0.25, 0.3) is 21.9 Å². The highest BCUT2D eigenvalue weighted by Crippen LogP contribution is 2.39. The van der Waals surface area contributed by atoms with E-state index in [4.69, 9.17) is 16.3 Å². The number of rotatable bonds is 7. The average Bonchev–Trinajstić information content (AvgIpc) is 2.93. The molecule has 1 aromatic heterocycles. The molecule has 0 N–H and O–H groups in total. The Hall–Kier alpha value is -4.15. The molecule has 0 aliphatic heterocycles. The van der Waals surface area contributed by atoms with Gasteiger partial charge in [-0.1, -0.05) is 72.3 Å². The van der Waals surface area contributed by atoms with E-state index in [1.165, 1.54) is 17.9 Å². The fourth-order valence-corrected chi connectivity index (χ4v) is 4.45. The van der Waals surface area contributed by atoms with Crippen LogP contribution in [0.15, 0.2) is 109 Å². The van der Waals surface area contributed by atoms with E-state index in [1.807, 2.05) is 6.07 Å². The number of pyridine rings is 1. The monoisotopic (exact) mass is 492 g/mol. The smallest absolute Gasteiger partial charge is 0.305 e. The molecule has 0 atom stereocenters. The number of anilines is 3. The molecule has 0 aliphatic carbocycles. The molecule has 4 aromatic carbocycles. The molecule has 0 fully saturated rings. The minimum absolute atomic E-state index is 0.201. The second-order valence-electron chi connectivity index (χ2n) is 8.49. The Balaban J connectivity index is 1.55. The fraction of sp³-hybridized carbons (Fsp3) is 0.0968.